The lowest BCUT2D eigenvalue weighted by Gasteiger charge is -2.32. The molecule has 1 aliphatic heterocycles. The molecule has 0 unspecified atom stereocenters. The van der Waals surface area contributed by atoms with E-state index in [2.05, 4.69) is 12.2 Å². The van der Waals surface area contributed by atoms with E-state index in [1.807, 2.05) is 29.2 Å². The Balaban J connectivity index is 1.82. The van der Waals surface area contributed by atoms with Gasteiger partial charge < -0.3 is 10.2 Å². The second-order valence-corrected chi connectivity index (χ2v) is 5.26. The highest BCUT2D eigenvalue weighted by Crippen LogP contribution is 2.12. The van der Waals surface area contributed by atoms with Crippen LogP contribution in [0.3, 0.4) is 0 Å². The summed E-state index contributed by atoms with van der Waals surface area (Å²) < 4.78 is 0. The molecule has 0 saturated carbocycles. The first-order valence-electron chi connectivity index (χ1n) is 6.41. The molecule has 1 aromatic carbocycles. The summed E-state index contributed by atoms with van der Waals surface area (Å²) in [5, 5.41) is 4.08. The molecule has 98 valence electrons. The van der Waals surface area contributed by atoms with E-state index in [0.29, 0.717) is 12.5 Å². The van der Waals surface area contributed by atoms with Gasteiger partial charge in [-0.3, -0.25) is 4.79 Å². The number of carbonyl (C=O) groups is 1. The Morgan fingerprint density at radius 3 is 2.83 bits per heavy atom. The van der Waals surface area contributed by atoms with Gasteiger partial charge in [-0.25, -0.2) is 0 Å². The molecule has 4 heteroatoms. The van der Waals surface area contributed by atoms with Gasteiger partial charge in [0, 0.05) is 37.1 Å². The second-order valence-electron chi connectivity index (χ2n) is 4.82. The standard InChI is InChI=1S/C14H19ClN2O/c1-11-10-17(9-8-16-11)14(18)7-4-12-2-5-13(15)6-3-12/h2-3,5-6,11,16H,4,7-10H2,1H3/t11-/m0/s1. The molecule has 1 fully saturated rings. The third-order valence-electron chi connectivity index (χ3n) is 3.26. The molecule has 2 rings (SSSR count). The Labute approximate surface area is 113 Å². The number of benzene rings is 1. The van der Waals surface area contributed by atoms with Gasteiger partial charge in [0.15, 0.2) is 0 Å². The molecule has 1 atom stereocenters. The van der Waals surface area contributed by atoms with E-state index >= 15 is 0 Å². The van der Waals surface area contributed by atoms with Crippen molar-refractivity contribution < 1.29 is 4.79 Å². The Bertz CT molecular complexity index is 405. The van der Waals surface area contributed by atoms with Crippen LogP contribution in [0.4, 0.5) is 0 Å². The molecule has 0 aromatic heterocycles. The van der Waals surface area contributed by atoms with Crippen LogP contribution in [-0.4, -0.2) is 36.5 Å². The fourth-order valence-electron chi connectivity index (χ4n) is 2.22. The van der Waals surface area contributed by atoms with Crippen molar-refractivity contribution in [3.63, 3.8) is 0 Å². The minimum atomic E-state index is 0.248. The summed E-state index contributed by atoms with van der Waals surface area (Å²) in [4.78, 5) is 14.0. The highest BCUT2D eigenvalue weighted by Gasteiger charge is 2.19. The van der Waals surface area contributed by atoms with Crippen molar-refractivity contribution in [2.45, 2.75) is 25.8 Å². The quantitative estimate of drug-likeness (QED) is 0.909. The summed E-state index contributed by atoms with van der Waals surface area (Å²) in [7, 11) is 0. The molecule has 1 aromatic rings. The van der Waals surface area contributed by atoms with Crippen molar-refractivity contribution in [2.24, 2.45) is 0 Å². The van der Waals surface area contributed by atoms with Gasteiger partial charge in [-0.15, -0.1) is 0 Å². The van der Waals surface area contributed by atoms with Crippen molar-refractivity contribution >= 4 is 17.5 Å². The molecule has 0 radical (unpaired) electrons. The predicted molar refractivity (Wildman–Crippen MR) is 73.8 cm³/mol. The molecule has 18 heavy (non-hydrogen) atoms. The lowest BCUT2D eigenvalue weighted by Crippen LogP contribution is -2.51. The maximum Gasteiger partial charge on any atom is 0.222 e. The van der Waals surface area contributed by atoms with Crippen LogP contribution < -0.4 is 5.32 Å². The van der Waals surface area contributed by atoms with E-state index in [4.69, 9.17) is 11.6 Å². The summed E-state index contributed by atoms with van der Waals surface area (Å²) in [6, 6.07) is 8.10. The van der Waals surface area contributed by atoms with Crippen LogP contribution in [0, 0.1) is 0 Å². The number of hydrogen-bond donors (Lipinski definition) is 1. The number of halogens is 1. The third-order valence-corrected chi connectivity index (χ3v) is 3.51. The smallest absolute Gasteiger partial charge is 0.222 e. The molecule has 1 amide bonds. The lowest BCUT2D eigenvalue weighted by atomic mass is 10.1. The van der Waals surface area contributed by atoms with Gasteiger partial charge in [0.25, 0.3) is 0 Å². The van der Waals surface area contributed by atoms with Crippen LogP contribution in [0.1, 0.15) is 18.9 Å². The Kier molecular flexibility index (Phi) is 4.61. The summed E-state index contributed by atoms with van der Waals surface area (Å²) in [5.41, 5.74) is 1.16. The number of nitrogens with one attached hydrogen (secondary N) is 1. The monoisotopic (exact) mass is 266 g/mol. The minimum absolute atomic E-state index is 0.248. The fourth-order valence-corrected chi connectivity index (χ4v) is 2.35. The van der Waals surface area contributed by atoms with Crippen molar-refractivity contribution in [3.8, 4) is 0 Å². The van der Waals surface area contributed by atoms with Crippen LogP contribution >= 0.6 is 11.6 Å². The maximum absolute atomic E-state index is 12.1. The van der Waals surface area contributed by atoms with E-state index in [9.17, 15) is 4.79 Å². The SMILES string of the molecule is C[C@H]1CN(C(=O)CCc2ccc(Cl)cc2)CCN1. The molecule has 1 aliphatic rings. The van der Waals surface area contributed by atoms with Crippen molar-refractivity contribution in [3.05, 3.63) is 34.9 Å². The number of amides is 1. The molecule has 1 saturated heterocycles. The van der Waals surface area contributed by atoms with Crippen molar-refractivity contribution in [1.29, 1.82) is 0 Å². The van der Waals surface area contributed by atoms with Gasteiger partial charge >= 0.3 is 0 Å². The number of piperazine rings is 1. The molecule has 1 heterocycles. The molecule has 1 N–H and O–H groups in total. The normalized spacial score (nSPS) is 19.9. The van der Waals surface area contributed by atoms with Gasteiger partial charge in [0.1, 0.15) is 0 Å². The van der Waals surface area contributed by atoms with Crippen LogP contribution in [0.25, 0.3) is 0 Å². The highest BCUT2D eigenvalue weighted by molar-refractivity contribution is 6.30. The van der Waals surface area contributed by atoms with E-state index in [1.54, 1.807) is 0 Å². The summed E-state index contributed by atoms with van der Waals surface area (Å²) >= 11 is 5.83. The van der Waals surface area contributed by atoms with Crippen LogP contribution in [-0.2, 0) is 11.2 Å². The van der Waals surface area contributed by atoms with Gasteiger partial charge in [-0.1, -0.05) is 23.7 Å². The Morgan fingerprint density at radius 2 is 2.17 bits per heavy atom. The lowest BCUT2D eigenvalue weighted by molar-refractivity contribution is -0.132. The molecule has 0 spiro atoms. The highest BCUT2D eigenvalue weighted by atomic mass is 35.5. The zero-order chi connectivity index (χ0) is 13.0. The van der Waals surface area contributed by atoms with Crippen molar-refractivity contribution in [2.75, 3.05) is 19.6 Å². The first-order chi connectivity index (χ1) is 8.65. The van der Waals surface area contributed by atoms with Gasteiger partial charge in [-0.2, -0.15) is 0 Å². The van der Waals surface area contributed by atoms with Crippen molar-refractivity contribution in [1.82, 2.24) is 10.2 Å². The summed E-state index contributed by atoms with van der Waals surface area (Å²) in [5.74, 6) is 0.248. The van der Waals surface area contributed by atoms with Gasteiger partial charge in [-0.05, 0) is 31.0 Å². The topological polar surface area (TPSA) is 32.3 Å². The number of carbonyl (C=O) groups excluding carboxylic acids is 1. The van der Waals surface area contributed by atoms with E-state index in [1.165, 1.54) is 0 Å². The predicted octanol–water partition coefficient (Wildman–Crippen LogP) is 2.09. The largest absolute Gasteiger partial charge is 0.340 e. The van der Waals surface area contributed by atoms with Crippen LogP contribution in [0.2, 0.25) is 5.02 Å². The molecular formula is C14H19ClN2O. The maximum atomic E-state index is 12.1. The average molecular weight is 267 g/mol. The second kappa shape index (κ2) is 6.21. The summed E-state index contributed by atoms with van der Waals surface area (Å²) in [6.45, 7) is 4.65. The first-order valence-corrected chi connectivity index (χ1v) is 6.78. The number of rotatable bonds is 3. The summed E-state index contributed by atoms with van der Waals surface area (Å²) in [6.07, 6.45) is 1.36. The third kappa shape index (κ3) is 3.72. The zero-order valence-electron chi connectivity index (χ0n) is 10.7. The van der Waals surface area contributed by atoms with E-state index in [0.717, 1.165) is 36.6 Å². The fraction of sp³-hybridized carbons (Fsp3) is 0.500. The first kappa shape index (κ1) is 13.4. The van der Waals surface area contributed by atoms with Crippen LogP contribution in [0.15, 0.2) is 24.3 Å². The minimum Gasteiger partial charge on any atom is -0.340 e. The molecule has 3 nitrogen and oxygen atoms in total. The van der Waals surface area contributed by atoms with E-state index in [-0.39, 0.29) is 5.91 Å². The van der Waals surface area contributed by atoms with Crippen LogP contribution in [0.5, 0.6) is 0 Å². The average Bonchev–Trinajstić information content (AvgIpc) is 2.38. The zero-order valence-corrected chi connectivity index (χ0v) is 11.4. The Hall–Kier alpha value is -1.06. The molecule has 0 aliphatic carbocycles. The number of aryl methyl sites for hydroxylation is 1. The Morgan fingerprint density at radius 1 is 1.44 bits per heavy atom. The van der Waals surface area contributed by atoms with Gasteiger partial charge in [0.2, 0.25) is 5.91 Å². The molecule has 0 bridgehead atoms. The molecular weight excluding hydrogens is 248 g/mol. The number of nitrogens with zero attached hydrogens (tertiary/aromatic N) is 1. The van der Waals surface area contributed by atoms with E-state index < -0.39 is 0 Å². The number of hydrogen-bond acceptors (Lipinski definition) is 2. The van der Waals surface area contributed by atoms with Gasteiger partial charge in [0.05, 0.1) is 0 Å².